The summed E-state index contributed by atoms with van der Waals surface area (Å²) in [5.74, 6) is 1.09. The summed E-state index contributed by atoms with van der Waals surface area (Å²) in [6, 6.07) is 39.7. The zero-order valence-corrected chi connectivity index (χ0v) is 27.4. The number of hydrogen-bond acceptors (Lipinski definition) is 3. The Morgan fingerprint density at radius 3 is 1.82 bits per heavy atom. The van der Waals surface area contributed by atoms with Crippen LogP contribution in [0, 0.1) is 11.8 Å². The molecule has 6 aromatic rings. The van der Waals surface area contributed by atoms with Crippen molar-refractivity contribution < 1.29 is 22.8 Å². The van der Waals surface area contributed by atoms with Crippen molar-refractivity contribution in [3.8, 4) is 33.6 Å². The van der Waals surface area contributed by atoms with E-state index >= 15 is 0 Å². The summed E-state index contributed by atoms with van der Waals surface area (Å²) >= 11 is 0. The van der Waals surface area contributed by atoms with Gasteiger partial charge in [-0.2, -0.15) is 13.2 Å². The highest BCUT2D eigenvalue weighted by atomic mass is 19.4. The van der Waals surface area contributed by atoms with E-state index in [1.165, 1.54) is 11.6 Å². The number of amides is 1. The number of aldehydes is 1. The predicted molar refractivity (Wildman–Crippen MR) is 190 cm³/mol. The van der Waals surface area contributed by atoms with Gasteiger partial charge in [0, 0.05) is 36.7 Å². The predicted octanol–water partition coefficient (Wildman–Crippen LogP) is 9.81. The van der Waals surface area contributed by atoms with Crippen molar-refractivity contribution in [2.24, 2.45) is 11.8 Å². The van der Waals surface area contributed by atoms with Crippen LogP contribution in [0.25, 0.3) is 44.7 Å². The van der Waals surface area contributed by atoms with Crippen LogP contribution in [-0.2, 0) is 17.5 Å². The van der Waals surface area contributed by atoms with Crippen LogP contribution in [0.15, 0.2) is 127 Å². The van der Waals surface area contributed by atoms with Crippen molar-refractivity contribution in [2.75, 3.05) is 13.1 Å². The molecule has 1 aliphatic carbocycles. The van der Waals surface area contributed by atoms with E-state index in [2.05, 4.69) is 17.1 Å². The molecule has 5 aromatic carbocycles. The smallest absolute Gasteiger partial charge is 0.342 e. The molecule has 0 N–H and O–H groups in total. The topological polar surface area (TPSA) is 55.2 Å². The summed E-state index contributed by atoms with van der Waals surface area (Å²) in [5, 5.41) is 0. The minimum Gasteiger partial charge on any atom is -0.342 e. The average molecular weight is 672 g/mol. The lowest BCUT2D eigenvalue weighted by atomic mass is 10.0. The zero-order chi connectivity index (χ0) is 34.7. The van der Waals surface area contributed by atoms with Gasteiger partial charge in [-0.1, -0.05) is 115 Å². The first-order valence-corrected chi connectivity index (χ1v) is 16.9. The van der Waals surface area contributed by atoms with Crippen LogP contribution < -0.4 is 0 Å². The number of rotatable bonds is 7. The highest BCUT2D eigenvalue weighted by Crippen LogP contribution is 2.38. The maximum Gasteiger partial charge on any atom is 0.418 e. The Hall–Kier alpha value is -5.50. The number of imidazole rings is 1. The third kappa shape index (κ3) is 7.25. The lowest BCUT2D eigenvalue weighted by Crippen LogP contribution is -2.30. The molecule has 1 atom stereocenters. The average Bonchev–Trinajstić information content (AvgIpc) is 3.80. The van der Waals surface area contributed by atoms with E-state index < -0.39 is 11.7 Å². The van der Waals surface area contributed by atoms with Crippen molar-refractivity contribution in [1.29, 1.82) is 0 Å². The number of aromatic nitrogens is 2. The molecule has 252 valence electrons. The van der Waals surface area contributed by atoms with Crippen LogP contribution >= 0.6 is 0 Å². The summed E-state index contributed by atoms with van der Waals surface area (Å²) in [5.41, 5.74) is 5.60. The molecule has 2 fully saturated rings. The van der Waals surface area contributed by atoms with Crippen LogP contribution in [0.3, 0.4) is 0 Å². The Morgan fingerprint density at radius 1 is 0.700 bits per heavy atom. The standard InChI is InChI=1S/C29H26F3N3O.C13H10O/c30-29(31,32)24-7-4-8-25-26(24)33-27(22-11-9-21(10-12-22)20-5-2-1-3-6-20)35(25)18-19-15-16-34(17-19)28(36)23-13-14-23;14-10-11-6-8-13(9-7-11)12-4-2-1-3-5-12/h1-12,19,23H,13-18H2;1-10H/t19-;/m1./s1. The molecule has 1 aromatic heterocycles. The number of para-hydroxylation sites is 1. The molecule has 2 heterocycles. The van der Waals surface area contributed by atoms with Crippen molar-refractivity contribution in [1.82, 2.24) is 14.5 Å². The Labute approximate surface area is 289 Å². The van der Waals surface area contributed by atoms with Gasteiger partial charge in [0.25, 0.3) is 0 Å². The molecule has 1 saturated heterocycles. The minimum absolute atomic E-state index is 0.0314. The first-order chi connectivity index (χ1) is 24.3. The molecule has 8 rings (SSSR count). The van der Waals surface area contributed by atoms with Crippen LogP contribution in [0.2, 0.25) is 0 Å². The number of alkyl halides is 3. The van der Waals surface area contributed by atoms with E-state index in [-0.39, 0.29) is 23.3 Å². The third-order valence-corrected chi connectivity index (χ3v) is 9.45. The lowest BCUT2D eigenvalue weighted by molar-refractivity contribution is -0.136. The highest BCUT2D eigenvalue weighted by Gasteiger charge is 2.38. The van der Waals surface area contributed by atoms with Crippen LogP contribution in [-0.4, -0.2) is 39.7 Å². The van der Waals surface area contributed by atoms with Gasteiger partial charge < -0.3 is 9.47 Å². The highest BCUT2D eigenvalue weighted by molar-refractivity contribution is 5.85. The summed E-state index contributed by atoms with van der Waals surface area (Å²) < 4.78 is 43.4. The number of halogens is 3. The van der Waals surface area contributed by atoms with E-state index in [1.54, 1.807) is 6.07 Å². The largest absolute Gasteiger partial charge is 0.418 e. The fourth-order valence-corrected chi connectivity index (χ4v) is 6.64. The van der Waals surface area contributed by atoms with Crippen LogP contribution in [0.1, 0.15) is 35.2 Å². The molecule has 2 aliphatic rings. The Bertz CT molecular complexity index is 2090. The first-order valence-electron chi connectivity index (χ1n) is 16.9. The molecular weight excluding hydrogens is 635 g/mol. The van der Waals surface area contributed by atoms with E-state index in [1.807, 2.05) is 107 Å². The molecule has 0 spiro atoms. The van der Waals surface area contributed by atoms with Gasteiger partial charge in [-0.3, -0.25) is 9.59 Å². The first kappa shape index (κ1) is 33.0. The summed E-state index contributed by atoms with van der Waals surface area (Å²) in [7, 11) is 0. The van der Waals surface area contributed by atoms with Gasteiger partial charge in [-0.05, 0) is 59.6 Å². The Balaban J connectivity index is 0.000000234. The second kappa shape index (κ2) is 14.2. The molecule has 8 heteroatoms. The van der Waals surface area contributed by atoms with Crippen molar-refractivity contribution in [3.63, 3.8) is 0 Å². The number of benzene rings is 5. The number of fused-ring (bicyclic) bond motifs is 1. The maximum absolute atomic E-state index is 13.8. The second-order valence-electron chi connectivity index (χ2n) is 13.0. The molecule has 50 heavy (non-hydrogen) atoms. The van der Waals surface area contributed by atoms with E-state index in [0.717, 1.165) is 53.9 Å². The van der Waals surface area contributed by atoms with Gasteiger partial charge in [0.15, 0.2) is 0 Å². The van der Waals surface area contributed by atoms with E-state index in [0.29, 0.717) is 36.5 Å². The van der Waals surface area contributed by atoms with E-state index in [4.69, 9.17) is 0 Å². The van der Waals surface area contributed by atoms with E-state index in [9.17, 15) is 22.8 Å². The Kier molecular flexibility index (Phi) is 9.35. The molecule has 0 unspecified atom stereocenters. The molecule has 1 aliphatic heterocycles. The third-order valence-electron chi connectivity index (χ3n) is 9.45. The van der Waals surface area contributed by atoms with Crippen LogP contribution in [0.5, 0.6) is 0 Å². The number of likely N-dealkylation sites (tertiary alicyclic amines) is 1. The molecule has 1 saturated carbocycles. The SMILES string of the molecule is O=C(C1CC1)N1CC[C@@H](Cn2c(-c3ccc(-c4ccccc4)cc3)nc3c(C(F)(F)F)cccc32)C1.O=Cc1ccc(-c2ccccc2)cc1. The van der Waals surface area contributed by atoms with Crippen LogP contribution in [0.4, 0.5) is 13.2 Å². The fourth-order valence-electron chi connectivity index (χ4n) is 6.64. The molecular formula is C42H36F3N3O2. The summed E-state index contributed by atoms with van der Waals surface area (Å²) in [6.45, 7) is 1.86. The number of carbonyl (C=O) groups is 2. The van der Waals surface area contributed by atoms with Gasteiger partial charge in [0.2, 0.25) is 5.91 Å². The molecule has 5 nitrogen and oxygen atoms in total. The van der Waals surface area contributed by atoms with Gasteiger partial charge in [-0.25, -0.2) is 4.98 Å². The van der Waals surface area contributed by atoms with Crippen molar-refractivity contribution in [2.45, 2.75) is 32.0 Å². The van der Waals surface area contributed by atoms with Gasteiger partial charge in [0.1, 0.15) is 17.6 Å². The molecule has 0 radical (unpaired) electrons. The molecule has 0 bridgehead atoms. The quantitative estimate of drug-likeness (QED) is 0.159. The second-order valence-corrected chi connectivity index (χ2v) is 13.0. The number of nitrogens with zero attached hydrogens (tertiary/aromatic N) is 3. The fraction of sp³-hybridized carbons (Fsp3) is 0.214. The summed E-state index contributed by atoms with van der Waals surface area (Å²) in [6.07, 6.45) is -0.864. The van der Waals surface area contributed by atoms with Crippen molar-refractivity contribution >= 4 is 23.2 Å². The lowest BCUT2D eigenvalue weighted by Gasteiger charge is -2.18. The normalized spacial score (nSPS) is 15.8. The number of hydrogen-bond donors (Lipinski definition) is 0. The van der Waals surface area contributed by atoms with Gasteiger partial charge in [0.05, 0.1) is 11.1 Å². The zero-order valence-electron chi connectivity index (χ0n) is 27.4. The minimum atomic E-state index is -4.49. The van der Waals surface area contributed by atoms with Gasteiger partial charge in [-0.15, -0.1) is 0 Å². The number of carbonyl (C=O) groups excluding carboxylic acids is 2. The monoisotopic (exact) mass is 671 g/mol. The summed E-state index contributed by atoms with van der Waals surface area (Å²) in [4.78, 5) is 29.5. The molecule has 1 amide bonds. The maximum atomic E-state index is 13.8. The van der Waals surface area contributed by atoms with Crippen molar-refractivity contribution in [3.05, 3.63) is 139 Å². The van der Waals surface area contributed by atoms with Gasteiger partial charge >= 0.3 is 6.18 Å². The Morgan fingerprint density at radius 2 is 1.26 bits per heavy atom.